The molecule has 1 unspecified atom stereocenters. The van der Waals surface area contributed by atoms with Crippen molar-refractivity contribution in [1.29, 1.82) is 0 Å². The molecule has 1 atom stereocenters. The summed E-state index contributed by atoms with van der Waals surface area (Å²) in [5, 5.41) is 3.24. The van der Waals surface area contributed by atoms with Crippen molar-refractivity contribution in [3.8, 4) is 0 Å². The van der Waals surface area contributed by atoms with Gasteiger partial charge in [0.05, 0.1) is 13.0 Å². The molecule has 3 nitrogen and oxygen atoms in total. The number of carbonyl (C=O) groups excluding carboxylic acids is 1. The molecule has 2 saturated heterocycles. The molecule has 2 fully saturated rings. The second-order valence-electron chi connectivity index (χ2n) is 3.26. The Morgan fingerprint density at radius 1 is 1.60 bits per heavy atom. The summed E-state index contributed by atoms with van der Waals surface area (Å²) < 4.78 is 4.91. The number of ether oxygens (including phenoxy) is 1. The lowest BCUT2D eigenvalue weighted by Gasteiger charge is -2.15. The molecule has 10 heavy (non-hydrogen) atoms. The van der Waals surface area contributed by atoms with Gasteiger partial charge in [0.2, 0.25) is 0 Å². The van der Waals surface area contributed by atoms with Gasteiger partial charge in [0, 0.05) is 12.0 Å². The van der Waals surface area contributed by atoms with Crippen LogP contribution in [-0.2, 0) is 9.53 Å². The molecule has 0 bridgehead atoms. The Kier molecular flexibility index (Phi) is 1.20. The predicted octanol–water partition coefficient (Wildman–Crippen LogP) is -0.0870. The molecule has 1 spiro atoms. The van der Waals surface area contributed by atoms with Gasteiger partial charge in [-0.3, -0.25) is 4.79 Å². The zero-order valence-corrected chi connectivity index (χ0v) is 5.85. The first kappa shape index (κ1) is 6.16. The largest absolute Gasteiger partial charge is 0.465 e. The first-order valence-corrected chi connectivity index (χ1v) is 3.67. The van der Waals surface area contributed by atoms with Crippen molar-refractivity contribution in [2.75, 3.05) is 19.7 Å². The summed E-state index contributed by atoms with van der Waals surface area (Å²) >= 11 is 0. The molecule has 2 heterocycles. The van der Waals surface area contributed by atoms with E-state index in [-0.39, 0.29) is 11.4 Å². The molecule has 56 valence electrons. The van der Waals surface area contributed by atoms with Gasteiger partial charge >= 0.3 is 5.97 Å². The summed E-state index contributed by atoms with van der Waals surface area (Å²) in [6, 6.07) is 0. The predicted molar refractivity (Wildman–Crippen MR) is 35.5 cm³/mol. The average molecular weight is 141 g/mol. The molecular formula is C7H11NO2. The molecule has 2 aliphatic rings. The summed E-state index contributed by atoms with van der Waals surface area (Å²) in [7, 11) is 0. The zero-order chi connectivity index (χ0) is 7.03. The summed E-state index contributed by atoms with van der Waals surface area (Å²) in [4.78, 5) is 10.8. The molecule has 2 rings (SSSR count). The summed E-state index contributed by atoms with van der Waals surface area (Å²) in [6.07, 6.45) is 1.72. The third kappa shape index (κ3) is 0.814. The van der Waals surface area contributed by atoms with Crippen LogP contribution in [0.15, 0.2) is 0 Å². The number of esters is 1. The fourth-order valence-electron chi connectivity index (χ4n) is 1.71. The molecule has 1 N–H and O–H groups in total. The van der Waals surface area contributed by atoms with Gasteiger partial charge < -0.3 is 10.1 Å². The average Bonchev–Trinajstić information content (AvgIpc) is 2.46. The van der Waals surface area contributed by atoms with E-state index in [1.807, 2.05) is 0 Å². The Balaban J connectivity index is 2.09. The Bertz CT molecular complexity index is 161. The van der Waals surface area contributed by atoms with Crippen LogP contribution in [0.2, 0.25) is 0 Å². The maximum Gasteiger partial charge on any atom is 0.306 e. The van der Waals surface area contributed by atoms with E-state index < -0.39 is 0 Å². The molecule has 0 aromatic rings. The van der Waals surface area contributed by atoms with Crippen LogP contribution in [0.1, 0.15) is 12.8 Å². The highest BCUT2D eigenvalue weighted by molar-refractivity contribution is 5.72. The summed E-state index contributed by atoms with van der Waals surface area (Å²) in [5.41, 5.74) is 0.178. The van der Waals surface area contributed by atoms with Crippen LogP contribution >= 0.6 is 0 Å². The number of cyclic esters (lactones) is 1. The van der Waals surface area contributed by atoms with Crippen LogP contribution in [0.3, 0.4) is 0 Å². The first-order valence-electron chi connectivity index (χ1n) is 3.67. The minimum absolute atomic E-state index is 0.0244. The Morgan fingerprint density at radius 3 is 3.00 bits per heavy atom. The third-order valence-corrected chi connectivity index (χ3v) is 2.39. The summed E-state index contributed by atoms with van der Waals surface area (Å²) in [6.45, 7) is 2.63. The standard InChI is InChI=1S/C7H11NO2/c9-6-3-7(5-10-6)1-2-8-4-7/h8H,1-5H2. The summed E-state index contributed by atoms with van der Waals surface area (Å²) in [5.74, 6) is -0.0244. The minimum Gasteiger partial charge on any atom is -0.465 e. The molecule has 0 aliphatic carbocycles. The van der Waals surface area contributed by atoms with Crippen molar-refractivity contribution in [2.45, 2.75) is 12.8 Å². The van der Waals surface area contributed by atoms with Crippen LogP contribution in [0, 0.1) is 5.41 Å². The Hall–Kier alpha value is -0.570. The van der Waals surface area contributed by atoms with Crippen molar-refractivity contribution < 1.29 is 9.53 Å². The lowest BCUT2D eigenvalue weighted by molar-refractivity contribution is -0.137. The van der Waals surface area contributed by atoms with Gasteiger partial charge in [0.1, 0.15) is 0 Å². The van der Waals surface area contributed by atoms with Gasteiger partial charge in [0.15, 0.2) is 0 Å². The quantitative estimate of drug-likeness (QED) is 0.479. The maximum atomic E-state index is 10.8. The van der Waals surface area contributed by atoms with Gasteiger partial charge in [-0.15, -0.1) is 0 Å². The van der Waals surface area contributed by atoms with E-state index >= 15 is 0 Å². The SMILES string of the molecule is O=C1CC2(CCNC2)CO1. The first-order chi connectivity index (χ1) is 4.81. The number of nitrogens with one attached hydrogen (secondary N) is 1. The van der Waals surface area contributed by atoms with Crippen LogP contribution < -0.4 is 5.32 Å². The fourth-order valence-corrected chi connectivity index (χ4v) is 1.71. The molecule has 2 aliphatic heterocycles. The topological polar surface area (TPSA) is 38.3 Å². The molecule has 0 amide bonds. The van der Waals surface area contributed by atoms with Crippen molar-refractivity contribution in [1.82, 2.24) is 5.32 Å². The smallest absolute Gasteiger partial charge is 0.306 e. The van der Waals surface area contributed by atoms with Crippen molar-refractivity contribution in [3.63, 3.8) is 0 Å². The second-order valence-corrected chi connectivity index (χ2v) is 3.26. The molecule has 0 aromatic heterocycles. The monoisotopic (exact) mass is 141 g/mol. The second kappa shape index (κ2) is 1.95. The van der Waals surface area contributed by atoms with E-state index in [2.05, 4.69) is 5.32 Å². The third-order valence-electron chi connectivity index (χ3n) is 2.39. The zero-order valence-electron chi connectivity index (χ0n) is 5.85. The van der Waals surface area contributed by atoms with E-state index in [9.17, 15) is 4.79 Å². The number of carbonyl (C=O) groups is 1. The van der Waals surface area contributed by atoms with Crippen LogP contribution in [0.4, 0.5) is 0 Å². The maximum absolute atomic E-state index is 10.8. The molecular weight excluding hydrogens is 130 g/mol. The highest BCUT2D eigenvalue weighted by Gasteiger charge is 2.42. The molecule has 0 radical (unpaired) electrons. The van der Waals surface area contributed by atoms with Crippen LogP contribution in [-0.4, -0.2) is 25.7 Å². The highest BCUT2D eigenvalue weighted by Crippen LogP contribution is 2.34. The number of hydrogen-bond acceptors (Lipinski definition) is 3. The van der Waals surface area contributed by atoms with Gasteiger partial charge in [-0.2, -0.15) is 0 Å². The molecule has 3 heteroatoms. The lowest BCUT2D eigenvalue weighted by Crippen LogP contribution is -2.23. The number of hydrogen-bond donors (Lipinski definition) is 1. The lowest BCUT2D eigenvalue weighted by atomic mass is 9.87. The van der Waals surface area contributed by atoms with E-state index in [0.29, 0.717) is 13.0 Å². The highest BCUT2D eigenvalue weighted by atomic mass is 16.5. The van der Waals surface area contributed by atoms with Gasteiger partial charge in [-0.05, 0) is 13.0 Å². The van der Waals surface area contributed by atoms with E-state index in [0.717, 1.165) is 19.5 Å². The molecule has 0 saturated carbocycles. The van der Waals surface area contributed by atoms with E-state index in [4.69, 9.17) is 4.74 Å². The normalized spacial score (nSPS) is 39.0. The Labute approximate surface area is 59.7 Å². The van der Waals surface area contributed by atoms with Gasteiger partial charge in [-0.25, -0.2) is 0 Å². The number of rotatable bonds is 0. The van der Waals surface area contributed by atoms with Crippen molar-refractivity contribution >= 4 is 5.97 Å². The van der Waals surface area contributed by atoms with E-state index in [1.165, 1.54) is 0 Å². The van der Waals surface area contributed by atoms with Crippen molar-refractivity contribution in [2.24, 2.45) is 5.41 Å². The van der Waals surface area contributed by atoms with Crippen LogP contribution in [0.5, 0.6) is 0 Å². The van der Waals surface area contributed by atoms with Crippen molar-refractivity contribution in [3.05, 3.63) is 0 Å². The molecule has 0 aromatic carbocycles. The van der Waals surface area contributed by atoms with Gasteiger partial charge in [-0.1, -0.05) is 0 Å². The van der Waals surface area contributed by atoms with Crippen LogP contribution in [0.25, 0.3) is 0 Å². The van der Waals surface area contributed by atoms with E-state index in [1.54, 1.807) is 0 Å². The van der Waals surface area contributed by atoms with Gasteiger partial charge in [0.25, 0.3) is 0 Å². The fraction of sp³-hybridized carbons (Fsp3) is 0.857. The Morgan fingerprint density at radius 2 is 2.50 bits per heavy atom. The minimum atomic E-state index is -0.0244.